The number of nitrogens with one attached hydrogen (secondary N) is 1. The number of amides is 1. The highest BCUT2D eigenvalue weighted by atomic mass is 16.5. The predicted molar refractivity (Wildman–Crippen MR) is 100 cm³/mol. The highest BCUT2D eigenvalue weighted by molar-refractivity contribution is 6.03. The zero-order valence-electron chi connectivity index (χ0n) is 15.7. The maximum absolute atomic E-state index is 12.7. The van der Waals surface area contributed by atoms with E-state index in [0.717, 1.165) is 50.5 Å². The average Bonchev–Trinajstić information content (AvgIpc) is 2.97. The summed E-state index contributed by atoms with van der Waals surface area (Å²) < 4.78 is 11.1. The van der Waals surface area contributed by atoms with Crippen molar-refractivity contribution in [3.8, 4) is 0 Å². The van der Waals surface area contributed by atoms with E-state index in [0.29, 0.717) is 23.3 Å². The number of aryl methyl sites for hydroxylation is 1. The lowest BCUT2D eigenvalue weighted by molar-refractivity contribution is 0.0342. The molecular weight excluding hydrogens is 330 g/mol. The maximum atomic E-state index is 12.7. The van der Waals surface area contributed by atoms with Crippen LogP contribution in [-0.2, 0) is 17.7 Å². The lowest BCUT2D eigenvalue weighted by atomic mass is 10.1. The van der Waals surface area contributed by atoms with Crippen molar-refractivity contribution in [2.24, 2.45) is 5.92 Å². The summed E-state index contributed by atoms with van der Waals surface area (Å²) in [5.41, 5.74) is 2.52. The Balaban J connectivity index is 1.72. The summed E-state index contributed by atoms with van der Waals surface area (Å²) >= 11 is 0. The minimum Gasteiger partial charge on any atom is -0.435 e. The molecule has 2 heterocycles. The average molecular weight is 357 g/mol. The first kappa shape index (κ1) is 18.6. The molecular formula is C20H27N3O3. The number of anilines is 1. The first-order valence-corrected chi connectivity index (χ1v) is 9.18. The van der Waals surface area contributed by atoms with Gasteiger partial charge in [-0.3, -0.25) is 9.69 Å². The molecule has 0 spiro atoms. The molecule has 1 aliphatic rings. The second-order valence-electron chi connectivity index (χ2n) is 7.12. The molecule has 2 aromatic rings. The molecule has 1 aliphatic heterocycles. The van der Waals surface area contributed by atoms with E-state index in [2.05, 4.69) is 29.0 Å². The standard InChI is InChI=1S/C20H27N3O3/c1-14(2)12-18-21-15(3)19(26-18)20(24)22-17-7-5-4-6-16(17)13-23-8-10-25-11-9-23/h4-7,14H,8-13H2,1-3H3,(H,22,24). The van der Waals surface area contributed by atoms with Crippen LogP contribution in [0.25, 0.3) is 0 Å². The quantitative estimate of drug-likeness (QED) is 0.859. The van der Waals surface area contributed by atoms with Crippen LogP contribution in [0.5, 0.6) is 0 Å². The van der Waals surface area contributed by atoms with Crippen molar-refractivity contribution in [2.45, 2.75) is 33.7 Å². The molecule has 0 unspecified atom stereocenters. The second-order valence-corrected chi connectivity index (χ2v) is 7.12. The van der Waals surface area contributed by atoms with Crippen LogP contribution in [0.4, 0.5) is 5.69 Å². The van der Waals surface area contributed by atoms with Gasteiger partial charge in [-0.05, 0) is 24.5 Å². The van der Waals surface area contributed by atoms with Crippen LogP contribution in [-0.4, -0.2) is 42.1 Å². The van der Waals surface area contributed by atoms with Crippen LogP contribution >= 0.6 is 0 Å². The lowest BCUT2D eigenvalue weighted by Crippen LogP contribution is -2.35. The van der Waals surface area contributed by atoms with Gasteiger partial charge in [-0.25, -0.2) is 4.98 Å². The van der Waals surface area contributed by atoms with Crippen molar-refractivity contribution >= 4 is 11.6 Å². The number of carbonyl (C=O) groups is 1. The molecule has 140 valence electrons. The number of nitrogens with zero attached hydrogens (tertiary/aromatic N) is 2. The van der Waals surface area contributed by atoms with Gasteiger partial charge in [0.25, 0.3) is 5.91 Å². The summed E-state index contributed by atoms with van der Waals surface area (Å²) in [7, 11) is 0. The molecule has 6 heteroatoms. The van der Waals surface area contributed by atoms with Crippen LogP contribution < -0.4 is 5.32 Å². The smallest absolute Gasteiger partial charge is 0.293 e. The molecule has 1 aromatic carbocycles. The van der Waals surface area contributed by atoms with E-state index in [-0.39, 0.29) is 5.91 Å². The predicted octanol–water partition coefficient (Wildman–Crippen LogP) is 3.27. The van der Waals surface area contributed by atoms with Crippen molar-refractivity contribution in [3.05, 3.63) is 47.2 Å². The fraction of sp³-hybridized carbons (Fsp3) is 0.500. The third kappa shape index (κ3) is 4.71. The highest BCUT2D eigenvalue weighted by Gasteiger charge is 2.20. The number of hydrogen-bond donors (Lipinski definition) is 1. The third-order valence-corrected chi connectivity index (χ3v) is 4.39. The van der Waals surface area contributed by atoms with E-state index >= 15 is 0 Å². The molecule has 1 amide bonds. The Morgan fingerprint density at radius 3 is 2.73 bits per heavy atom. The molecule has 0 saturated carbocycles. The Morgan fingerprint density at radius 2 is 2.00 bits per heavy atom. The molecule has 1 N–H and O–H groups in total. The fourth-order valence-corrected chi connectivity index (χ4v) is 3.06. The van der Waals surface area contributed by atoms with E-state index in [1.165, 1.54) is 0 Å². The van der Waals surface area contributed by atoms with Gasteiger partial charge in [0.05, 0.1) is 18.9 Å². The molecule has 0 radical (unpaired) electrons. The van der Waals surface area contributed by atoms with Crippen LogP contribution in [0.3, 0.4) is 0 Å². The largest absolute Gasteiger partial charge is 0.435 e. The van der Waals surface area contributed by atoms with E-state index in [1.54, 1.807) is 0 Å². The van der Waals surface area contributed by atoms with E-state index in [1.807, 2.05) is 31.2 Å². The monoisotopic (exact) mass is 357 g/mol. The first-order valence-electron chi connectivity index (χ1n) is 9.18. The molecule has 6 nitrogen and oxygen atoms in total. The number of morpholine rings is 1. The van der Waals surface area contributed by atoms with Crippen molar-refractivity contribution in [3.63, 3.8) is 0 Å². The zero-order valence-corrected chi connectivity index (χ0v) is 15.7. The fourth-order valence-electron chi connectivity index (χ4n) is 3.06. The van der Waals surface area contributed by atoms with Gasteiger partial charge in [0.15, 0.2) is 5.89 Å². The number of hydrogen-bond acceptors (Lipinski definition) is 5. The minimum absolute atomic E-state index is 0.251. The summed E-state index contributed by atoms with van der Waals surface area (Å²) in [4.78, 5) is 19.4. The molecule has 3 rings (SSSR count). The number of ether oxygens (including phenoxy) is 1. The van der Waals surface area contributed by atoms with Gasteiger partial charge in [-0.2, -0.15) is 0 Å². The molecule has 0 atom stereocenters. The Bertz CT molecular complexity index is 749. The third-order valence-electron chi connectivity index (χ3n) is 4.39. The minimum atomic E-state index is -0.251. The number of para-hydroxylation sites is 1. The molecule has 1 aromatic heterocycles. The Labute approximate surface area is 154 Å². The van der Waals surface area contributed by atoms with Crippen molar-refractivity contribution in [1.29, 1.82) is 0 Å². The second kappa shape index (κ2) is 8.47. The number of rotatable bonds is 6. The number of carbonyl (C=O) groups excluding carboxylic acids is 1. The van der Waals surface area contributed by atoms with E-state index in [4.69, 9.17) is 9.15 Å². The van der Waals surface area contributed by atoms with Crippen molar-refractivity contribution in [1.82, 2.24) is 9.88 Å². The Hall–Kier alpha value is -2.18. The molecule has 1 fully saturated rings. The maximum Gasteiger partial charge on any atom is 0.293 e. The topological polar surface area (TPSA) is 67.6 Å². The van der Waals surface area contributed by atoms with Gasteiger partial charge in [0.2, 0.25) is 5.76 Å². The molecule has 1 saturated heterocycles. The van der Waals surface area contributed by atoms with Crippen LogP contribution in [0, 0.1) is 12.8 Å². The van der Waals surface area contributed by atoms with Gasteiger partial charge in [0, 0.05) is 31.7 Å². The number of benzene rings is 1. The van der Waals surface area contributed by atoms with E-state index in [9.17, 15) is 4.79 Å². The number of aromatic nitrogens is 1. The summed E-state index contributed by atoms with van der Waals surface area (Å²) in [6, 6.07) is 7.89. The van der Waals surface area contributed by atoms with Crippen LogP contribution in [0.15, 0.2) is 28.7 Å². The van der Waals surface area contributed by atoms with Gasteiger partial charge >= 0.3 is 0 Å². The molecule has 0 bridgehead atoms. The van der Waals surface area contributed by atoms with Gasteiger partial charge in [-0.15, -0.1) is 0 Å². The van der Waals surface area contributed by atoms with Gasteiger partial charge in [0.1, 0.15) is 0 Å². The van der Waals surface area contributed by atoms with Crippen LogP contribution in [0.2, 0.25) is 0 Å². The summed E-state index contributed by atoms with van der Waals surface area (Å²) in [6.45, 7) is 10.1. The summed E-state index contributed by atoms with van der Waals surface area (Å²) in [5, 5.41) is 2.99. The van der Waals surface area contributed by atoms with Crippen molar-refractivity contribution in [2.75, 3.05) is 31.6 Å². The SMILES string of the molecule is Cc1nc(CC(C)C)oc1C(=O)Nc1ccccc1CN1CCOCC1. The normalized spacial score (nSPS) is 15.4. The Kier molecular flexibility index (Phi) is 6.06. The van der Waals surface area contributed by atoms with Gasteiger partial charge < -0.3 is 14.5 Å². The highest BCUT2D eigenvalue weighted by Crippen LogP contribution is 2.20. The number of oxazole rings is 1. The molecule has 26 heavy (non-hydrogen) atoms. The Morgan fingerprint density at radius 1 is 1.27 bits per heavy atom. The zero-order chi connectivity index (χ0) is 18.5. The van der Waals surface area contributed by atoms with Crippen LogP contribution in [0.1, 0.15) is 41.6 Å². The van der Waals surface area contributed by atoms with Gasteiger partial charge in [-0.1, -0.05) is 32.0 Å². The summed E-state index contributed by atoms with van der Waals surface area (Å²) in [6.07, 6.45) is 0.724. The van der Waals surface area contributed by atoms with E-state index < -0.39 is 0 Å². The summed E-state index contributed by atoms with van der Waals surface area (Å²) in [5.74, 6) is 1.09. The molecule has 0 aliphatic carbocycles. The lowest BCUT2D eigenvalue weighted by Gasteiger charge is -2.27. The first-order chi connectivity index (χ1) is 12.5. The van der Waals surface area contributed by atoms with Crippen molar-refractivity contribution < 1.29 is 13.9 Å².